The number of aromatic carboxylic acids is 1. The van der Waals surface area contributed by atoms with Crippen LogP contribution < -0.4 is 0 Å². The molecule has 8 heteroatoms. The van der Waals surface area contributed by atoms with Crippen LogP contribution in [0.25, 0.3) is 0 Å². The molecule has 8 nitrogen and oxygen atoms in total. The van der Waals surface area contributed by atoms with Crippen molar-refractivity contribution in [1.82, 2.24) is 9.97 Å². The van der Waals surface area contributed by atoms with E-state index in [-0.39, 0.29) is 22.6 Å². The number of hydrogen-bond acceptors (Lipinski definition) is 5. The highest BCUT2D eigenvalue weighted by molar-refractivity contribution is 5.89. The average molecular weight is 305 g/mol. The number of rotatable bonds is 6. The molecule has 0 fully saturated rings. The summed E-state index contributed by atoms with van der Waals surface area (Å²) in [5.74, 6) is -1.26. The molecule has 0 spiro atoms. The second kappa shape index (κ2) is 6.35. The number of ether oxygens (including phenoxy) is 1. The summed E-state index contributed by atoms with van der Waals surface area (Å²) in [4.78, 5) is 28.6. The van der Waals surface area contributed by atoms with Gasteiger partial charge in [0.1, 0.15) is 17.5 Å². The molecule has 0 aliphatic rings. The molecule has 2 aromatic rings. The lowest BCUT2D eigenvalue weighted by atomic mass is 10.1. The summed E-state index contributed by atoms with van der Waals surface area (Å²) in [6, 6.07) is 3.40. The van der Waals surface area contributed by atoms with E-state index in [1.165, 1.54) is 13.1 Å². The molecule has 0 amide bonds. The number of hydrogen-bond donors (Lipinski definition) is 2. The Morgan fingerprint density at radius 2 is 2.32 bits per heavy atom. The third-order valence-corrected chi connectivity index (χ3v) is 3.22. The van der Waals surface area contributed by atoms with Gasteiger partial charge in [-0.2, -0.15) is 0 Å². The Kier molecular flexibility index (Phi) is 4.52. The Labute approximate surface area is 125 Å². The molecular weight excluding hydrogens is 290 g/mol. The Morgan fingerprint density at radius 3 is 2.82 bits per heavy atom. The maximum Gasteiger partial charge on any atom is 0.352 e. The van der Waals surface area contributed by atoms with Crippen molar-refractivity contribution in [1.29, 1.82) is 0 Å². The van der Waals surface area contributed by atoms with Crippen molar-refractivity contribution >= 4 is 11.7 Å². The molecule has 0 saturated heterocycles. The minimum absolute atomic E-state index is 0.0705. The number of nitro groups is 1. The number of nitrogens with one attached hydrogen (secondary N) is 1. The quantitative estimate of drug-likeness (QED) is 0.625. The summed E-state index contributed by atoms with van der Waals surface area (Å²) >= 11 is 0. The van der Waals surface area contributed by atoms with Crippen molar-refractivity contribution < 1.29 is 19.6 Å². The van der Waals surface area contributed by atoms with Crippen LogP contribution in [0.1, 0.15) is 40.3 Å². The van der Waals surface area contributed by atoms with E-state index in [1.807, 2.05) is 0 Å². The Hall–Kier alpha value is -2.74. The molecule has 0 radical (unpaired) electrons. The van der Waals surface area contributed by atoms with Gasteiger partial charge in [-0.1, -0.05) is 6.07 Å². The fourth-order valence-electron chi connectivity index (χ4n) is 2.29. The zero-order chi connectivity index (χ0) is 16.3. The van der Waals surface area contributed by atoms with Gasteiger partial charge in [-0.05, 0) is 19.9 Å². The Morgan fingerprint density at radius 1 is 1.59 bits per heavy atom. The number of pyridine rings is 1. The summed E-state index contributed by atoms with van der Waals surface area (Å²) in [5, 5.41) is 20.5. The van der Waals surface area contributed by atoms with E-state index in [1.54, 1.807) is 25.3 Å². The Bertz CT molecular complexity index is 696. The van der Waals surface area contributed by atoms with Gasteiger partial charge in [0.25, 0.3) is 5.69 Å². The summed E-state index contributed by atoms with van der Waals surface area (Å²) in [5.41, 5.74) is 0.288. The molecule has 1 atom stereocenters. The molecule has 2 N–H and O–H groups in total. The second-order valence-electron chi connectivity index (χ2n) is 4.57. The van der Waals surface area contributed by atoms with Crippen molar-refractivity contribution in [2.75, 3.05) is 6.61 Å². The van der Waals surface area contributed by atoms with E-state index < -0.39 is 17.0 Å². The molecule has 0 bridgehead atoms. The predicted octanol–water partition coefficient (Wildman–Crippen LogP) is 2.45. The number of aromatic nitrogens is 2. The number of carboxylic acid groups (broad SMARTS) is 1. The first-order valence-corrected chi connectivity index (χ1v) is 6.59. The first-order valence-electron chi connectivity index (χ1n) is 6.59. The molecule has 116 valence electrons. The minimum Gasteiger partial charge on any atom is -0.477 e. The van der Waals surface area contributed by atoms with Crippen molar-refractivity contribution in [3.8, 4) is 0 Å². The van der Waals surface area contributed by atoms with E-state index in [2.05, 4.69) is 9.97 Å². The third-order valence-electron chi connectivity index (χ3n) is 3.22. The minimum atomic E-state index is -1.26. The lowest BCUT2D eigenvalue weighted by molar-refractivity contribution is -0.386. The summed E-state index contributed by atoms with van der Waals surface area (Å²) in [6.45, 7) is 3.45. The molecule has 0 saturated carbocycles. The van der Waals surface area contributed by atoms with Crippen LogP contribution in [-0.4, -0.2) is 32.6 Å². The fourth-order valence-corrected chi connectivity index (χ4v) is 2.29. The van der Waals surface area contributed by atoms with Gasteiger partial charge in [0, 0.05) is 24.6 Å². The molecule has 2 rings (SSSR count). The van der Waals surface area contributed by atoms with Crippen LogP contribution in [0.4, 0.5) is 5.69 Å². The van der Waals surface area contributed by atoms with Gasteiger partial charge in [0.05, 0.1) is 10.5 Å². The largest absolute Gasteiger partial charge is 0.477 e. The second-order valence-corrected chi connectivity index (χ2v) is 4.57. The standard InChI is InChI=1S/C14H15N3O5/c1-3-22-13(9-5-4-6-15-7-9)11-12(17(20)21)8(2)10(16-11)14(18)19/h4-7,13,16H,3H2,1-2H3,(H,18,19). The van der Waals surface area contributed by atoms with E-state index in [0.717, 1.165) is 0 Å². The number of carboxylic acids is 1. The van der Waals surface area contributed by atoms with Gasteiger partial charge in [-0.25, -0.2) is 4.79 Å². The number of nitrogens with zero attached hydrogens (tertiary/aromatic N) is 2. The van der Waals surface area contributed by atoms with Crippen LogP contribution in [0.15, 0.2) is 24.5 Å². The number of aromatic amines is 1. The van der Waals surface area contributed by atoms with Crippen LogP contribution >= 0.6 is 0 Å². The van der Waals surface area contributed by atoms with E-state index >= 15 is 0 Å². The van der Waals surface area contributed by atoms with E-state index in [4.69, 9.17) is 9.84 Å². The average Bonchev–Trinajstić information content (AvgIpc) is 2.83. The topological polar surface area (TPSA) is 118 Å². The molecule has 22 heavy (non-hydrogen) atoms. The van der Waals surface area contributed by atoms with Gasteiger partial charge >= 0.3 is 5.97 Å². The maximum atomic E-state index is 11.3. The molecule has 0 aromatic carbocycles. The molecule has 2 aromatic heterocycles. The highest BCUT2D eigenvalue weighted by Crippen LogP contribution is 2.35. The number of H-pyrrole nitrogens is 1. The normalized spacial score (nSPS) is 12.1. The van der Waals surface area contributed by atoms with Gasteiger partial charge in [0.2, 0.25) is 0 Å². The maximum absolute atomic E-state index is 11.3. The fraction of sp³-hybridized carbons (Fsp3) is 0.286. The first-order chi connectivity index (χ1) is 10.5. The van der Waals surface area contributed by atoms with Crippen LogP contribution in [0, 0.1) is 17.0 Å². The van der Waals surface area contributed by atoms with Crippen LogP contribution in [0.5, 0.6) is 0 Å². The third kappa shape index (κ3) is 2.82. The SMILES string of the molecule is CCOC(c1cccnc1)c1[nH]c(C(=O)O)c(C)c1[N+](=O)[O-]. The lowest BCUT2D eigenvalue weighted by Crippen LogP contribution is -2.09. The summed E-state index contributed by atoms with van der Waals surface area (Å²) in [6.07, 6.45) is 2.32. The van der Waals surface area contributed by atoms with Crippen molar-refractivity contribution in [3.63, 3.8) is 0 Å². The highest BCUT2D eigenvalue weighted by Gasteiger charge is 2.32. The van der Waals surface area contributed by atoms with E-state index in [0.29, 0.717) is 12.2 Å². The molecule has 2 heterocycles. The van der Waals surface area contributed by atoms with Gasteiger partial charge < -0.3 is 14.8 Å². The van der Waals surface area contributed by atoms with Crippen LogP contribution in [0.3, 0.4) is 0 Å². The van der Waals surface area contributed by atoms with Crippen molar-refractivity contribution in [2.45, 2.75) is 20.0 Å². The van der Waals surface area contributed by atoms with Crippen molar-refractivity contribution in [2.24, 2.45) is 0 Å². The van der Waals surface area contributed by atoms with Gasteiger partial charge in [-0.3, -0.25) is 15.1 Å². The lowest BCUT2D eigenvalue weighted by Gasteiger charge is -2.15. The van der Waals surface area contributed by atoms with Crippen LogP contribution in [-0.2, 0) is 4.74 Å². The molecule has 0 aliphatic heterocycles. The predicted molar refractivity (Wildman–Crippen MR) is 76.8 cm³/mol. The van der Waals surface area contributed by atoms with E-state index in [9.17, 15) is 14.9 Å². The molecular formula is C14H15N3O5. The zero-order valence-electron chi connectivity index (χ0n) is 12.1. The monoisotopic (exact) mass is 305 g/mol. The first kappa shape index (κ1) is 15.6. The van der Waals surface area contributed by atoms with Crippen molar-refractivity contribution in [3.05, 3.63) is 57.2 Å². The number of carbonyl (C=O) groups is 1. The molecule has 0 aliphatic carbocycles. The van der Waals surface area contributed by atoms with Gasteiger partial charge in [0.15, 0.2) is 0 Å². The van der Waals surface area contributed by atoms with Gasteiger partial charge in [-0.15, -0.1) is 0 Å². The summed E-state index contributed by atoms with van der Waals surface area (Å²) < 4.78 is 5.58. The van der Waals surface area contributed by atoms with Crippen LogP contribution in [0.2, 0.25) is 0 Å². The Balaban J connectivity index is 2.63. The smallest absolute Gasteiger partial charge is 0.352 e. The molecule has 1 unspecified atom stereocenters. The highest BCUT2D eigenvalue weighted by atomic mass is 16.6. The zero-order valence-corrected chi connectivity index (χ0v) is 12.1. The summed E-state index contributed by atoms with van der Waals surface area (Å²) in [7, 11) is 0.